The van der Waals surface area contributed by atoms with Crippen LogP contribution in [0.3, 0.4) is 0 Å². The van der Waals surface area contributed by atoms with Crippen LogP contribution in [0.2, 0.25) is 0 Å². The van der Waals surface area contributed by atoms with Gasteiger partial charge in [0.25, 0.3) is 5.91 Å². The number of nitrogens with one attached hydrogen (secondary N) is 1. The van der Waals surface area contributed by atoms with Crippen molar-refractivity contribution in [3.8, 4) is 0 Å². The van der Waals surface area contributed by atoms with Crippen LogP contribution in [-0.2, 0) is 6.42 Å². The molecule has 4 rings (SSSR count). The summed E-state index contributed by atoms with van der Waals surface area (Å²) in [7, 11) is 1.84. The third-order valence-corrected chi connectivity index (χ3v) is 3.91. The van der Waals surface area contributed by atoms with Crippen LogP contribution in [0.25, 0.3) is 21.8 Å². The van der Waals surface area contributed by atoms with Crippen LogP contribution < -0.4 is 0 Å². The summed E-state index contributed by atoms with van der Waals surface area (Å²) in [6.45, 7) is 0.777. The Labute approximate surface area is 110 Å². The highest BCUT2D eigenvalue weighted by atomic mass is 16.2. The molecule has 0 saturated carbocycles. The second kappa shape index (κ2) is 3.57. The Bertz CT molecular complexity index is 819. The zero-order valence-corrected chi connectivity index (χ0v) is 10.6. The maximum atomic E-state index is 12.2. The molecular weight excluding hydrogens is 238 g/mol. The van der Waals surface area contributed by atoms with Gasteiger partial charge in [0.1, 0.15) is 5.69 Å². The number of hydrogen-bond acceptors (Lipinski definition) is 2. The van der Waals surface area contributed by atoms with Crippen LogP contribution >= 0.6 is 0 Å². The lowest BCUT2D eigenvalue weighted by atomic mass is 10.0. The quantitative estimate of drug-likeness (QED) is 0.666. The zero-order valence-electron chi connectivity index (χ0n) is 10.6. The molecule has 4 nitrogen and oxygen atoms in total. The molecule has 0 unspecified atom stereocenters. The summed E-state index contributed by atoms with van der Waals surface area (Å²) in [5.74, 6) is 0.0709. The monoisotopic (exact) mass is 251 g/mol. The molecule has 0 radical (unpaired) electrons. The van der Waals surface area contributed by atoms with Gasteiger partial charge in [-0.15, -0.1) is 0 Å². The van der Waals surface area contributed by atoms with Crippen molar-refractivity contribution in [2.45, 2.75) is 6.42 Å². The number of aromatic amines is 1. The molecule has 0 fully saturated rings. The number of H-pyrrole nitrogens is 1. The predicted octanol–water partition coefficient (Wildman–Crippen LogP) is 2.34. The number of carbonyl (C=O) groups is 1. The van der Waals surface area contributed by atoms with E-state index in [0.29, 0.717) is 0 Å². The van der Waals surface area contributed by atoms with Gasteiger partial charge in [-0.3, -0.25) is 9.78 Å². The van der Waals surface area contributed by atoms with Crippen molar-refractivity contribution >= 4 is 27.7 Å². The minimum atomic E-state index is 0.0709. The third kappa shape index (κ3) is 1.34. The predicted molar refractivity (Wildman–Crippen MR) is 74.3 cm³/mol. The third-order valence-electron chi connectivity index (χ3n) is 3.91. The summed E-state index contributed by atoms with van der Waals surface area (Å²) in [5, 5.41) is 2.22. The Morgan fingerprint density at radius 3 is 3.11 bits per heavy atom. The van der Waals surface area contributed by atoms with E-state index in [-0.39, 0.29) is 5.91 Å². The number of pyridine rings is 1. The SMILES string of the molecule is CN1CCc2c([nH]c3c2ccc2cccnc23)C1=O. The smallest absolute Gasteiger partial charge is 0.270 e. The van der Waals surface area contributed by atoms with Crippen molar-refractivity contribution in [1.29, 1.82) is 0 Å². The minimum absolute atomic E-state index is 0.0709. The number of likely N-dealkylation sites (N-methyl/N-ethyl adjacent to an activating group) is 1. The van der Waals surface area contributed by atoms with E-state index in [4.69, 9.17) is 0 Å². The number of aromatic nitrogens is 2. The first-order valence-electron chi connectivity index (χ1n) is 6.39. The van der Waals surface area contributed by atoms with Gasteiger partial charge in [0.15, 0.2) is 0 Å². The van der Waals surface area contributed by atoms with E-state index in [1.807, 2.05) is 19.2 Å². The average Bonchev–Trinajstić information content (AvgIpc) is 2.83. The molecule has 19 heavy (non-hydrogen) atoms. The molecule has 1 N–H and O–H groups in total. The molecule has 94 valence electrons. The molecule has 3 aromatic rings. The van der Waals surface area contributed by atoms with E-state index < -0.39 is 0 Å². The topological polar surface area (TPSA) is 49.0 Å². The molecule has 1 aliphatic rings. The fourth-order valence-electron chi connectivity index (χ4n) is 2.87. The van der Waals surface area contributed by atoms with Crippen LogP contribution in [0.1, 0.15) is 16.1 Å². The largest absolute Gasteiger partial charge is 0.349 e. The van der Waals surface area contributed by atoms with E-state index in [0.717, 1.165) is 46.0 Å². The second-order valence-electron chi connectivity index (χ2n) is 5.02. The first-order valence-corrected chi connectivity index (χ1v) is 6.39. The molecule has 4 heteroatoms. The van der Waals surface area contributed by atoms with Crippen LogP contribution in [0, 0.1) is 0 Å². The lowest BCUT2D eigenvalue weighted by molar-refractivity contribution is 0.0776. The minimum Gasteiger partial charge on any atom is -0.349 e. The van der Waals surface area contributed by atoms with Crippen molar-refractivity contribution in [3.05, 3.63) is 41.7 Å². The van der Waals surface area contributed by atoms with Crippen LogP contribution in [0.4, 0.5) is 0 Å². The summed E-state index contributed by atoms with van der Waals surface area (Å²) in [4.78, 5) is 21.7. The molecule has 0 spiro atoms. The van der Waals surface area contributed by atoms with Gasteiger partial charge in [0.2, 0.25) is 0 Å². The molecule has 1 aliphatic heterocycles. The van der Waals surface area contributed by atoms with Crippen LogP contribution in [0.15, 0.2) is 30.5 Å². The van der Waals surface area contributed by atoms with Crippen molar-refractivity contribution in [1.82, 2.24) is 14.9 Å². The molecule has 0 bridgehead atoms. The molecule has 1 amide bonds. The summed E-state index contributed by atoms with van der Waals surface area (Å²) in [5.41, 5.74) is 3.77. The maximum absolute atomic E-state index is 12.2. The van der Waals surface area contributed by atoms with Gasteiger partial charge in [0.05, 0.1) is 11.0 Å². The van der Waals surface area contributed by atoms with Crippen LogP contribution in [-0.4, -0.2) is 34.4 Å². The van der Waals surface area contributed by atoms with Gasteiger partial charge in [-0.2, -0.15) is 0 Å². The highest BCUT2D eigenvalue weighted by molar-refractivity contribution is 6.09. The number of benzene rings is 1. The molecule has 3 heterocycles. The van der Waals surface area contributed by atoms with E-state index >= 15 is 0 Å². The van der Waals surface area contributed by atoms with E-state index in [1.165, 1.54) is 0 Å². The van der Waals surface area contributed by atoms with Gasteiger partial charge in [-0.1, -0.05) is 18.2 Å². The zero-order chi connectivity index (χ0) is 13.0. The Hall–Kier alpha value is -2.36. The highest BCUT2D eigenvalue weighted by Crippen LogP contribution is 2.30. The molecule has 2 aromatic heterocycles. The Kier molecular flexibility index (Phi) is 1.98. The standard InChI is InChI=1S/C15H13N3O/c1-18-8-6-11-10-5-4-9-3-2-7-16-12(9)13(10)17-14(11)15(18)19/h2-5,7,17H,6,8H2,1H3. The number of amides is 1. The molecule has 0 saturated heterocycles. The Morgan fingerprint density at radius 1 is 1.32 bits per heavy atom. The molecular formula is C15H13N3O. The average molecular weight is 251 g/mol. The number of hydrogen-bond donors (Lipinski definition) is 1. The Balaban J connectivity index is 2.13. The first kappa shape index (κ1) is 10.6. The van der Waals surface area contributed by atoms with Gasteiger partial charge in [0, 0.05) is 30.6 Å². The van der Waals surface area contributed by atoms with Crippen LogP contribution in [0.5, 0.6) is 0 Å². The maximum Gasteiger partial charge on any atom is 0.270 e. The fourth-order valence-corrected chi connectivity index (χ4v) is 2.87. The summed E-state index contributed by atoms with van der Waals surface area (Å²) < 4.78 is 0. The number of carbonyl (C=O) groups excluding carboxylic acids is 1. The van der Waals surface area contributed by atoms with Crippen molar-refractivity contribution < 1.29 is 4.79 Å². The van der Waals surface area contributed by atoms with Crippen molar-refractivity contribution in [3.63, 3.8) is 0 Å². The number of rotatable bonds is 0. The molecule has 0 aliphatic carbocycles. The molecule has 0 atom stereocenters. The van der Waals surface area contributed by atoms with Gasteiger partial charge >= 0.3 is 0 Å². The fraction of sp³-hybridized carbons (Fsp3) is 0.200. The number of nitrogens with zero attached hydrogens (tertiary/aromatic N) is 2. The van der Waals surface area contributed by atoms with E-state index in [1.54, 1.807) is 11.1 Å². The number of fused-ring (bicyclic) bond motifs is 5. The van der Waals surface area contributed by atoms with Gasteiger partial charge in [-0.25, -0.2) is 0 Å². The Morgan fingerprint density at radius 2 is 2.21 bits per heavy atom. The lowest BCUT2D eigenvalue weighted by Crippen LogP contribution is -2.33. The van der Waals surface area contributed by atoms with E-state index in [9.17, 15) is 4.79 Å². The normalized spacial score (nSPS) is 15.2. The summed E-state index contributed by atoms with van der Waals surface area (Å²) in [6.07, 6.45) is 2.69. The highest BCUT2D eigenvalue weighted by Gasteiger charge is 2.26. The second-order valence-corrected chi connectivity index (χ2v) is 5.02. The van der Waals surface area contributed by atoms with Gasteiger partial charge < -0.3 is 9.88 Å². The van der Waals surface area contributed by atoms with Gasteiger partial charge in [-0.05, 0) is 18.1 Å². The molecule has 1 aromatic carbocycles. The summed E-state index contributed by atoms with van der Waals surface area (Å²) >= 11 is 0. The lowest BCUT2D eigenvalue weighted by Gasteiger charge is -2.22. The van der Waals surface area contributed by atoms with Crippen molar-refractivity contribution in [2.75, 3.05) is 13.6 Å². The first-order chi connectivity index (χ1) is 9.25. The summed E-state index contributed by atoms with van der Waals surface area (Å²) in [6, 6.07) is 8.13. The van der Waals surface area contributed by atoms with E-state index in [2.05, 4.69) is 22.1 Å². The van der Waals surface area contributed by atoms with Crippen molar-refractivity contribution in [2.24, 2.45) is 0 Å².